The summed E-state index contributed by atoms with van der Waals surface area (Å²) in [5.74, 6) is -0.571. The van der Waals surface area contributed by atoms with Crippen molar-refractivity contribution in [3.8, 4) is 5.75 Å². The Balaban J connectivity index is 1.48. The molecule has 1 spiro atoms. The van der Waals surface area contributed by atoms with E-state index in [9.17, 15) is 14.9 Å². The zero-order chi connectivity index (χ0) is 24.0. The molecule has 34 heavy (non-hydrogen) atoms. The fraction of sp³-hybridized carbons (Fsp3) is 0.240. The highest BCUT2D eigenvalue weighted by atomic mass is 35.5. The standard InChI is InChI=1S/C25H21Cl2N3O4/c1-14-22(15-10-11-21(19(27)12-15)34-13-16-6-2-4-8-18(16)26)23(30(32)33)25(29-14)17-7-3-5-9-20(17)28-24(25)31/h2-12,14,22-23,29H,13H2,1H3,(H,28,31)/t14-,22-,23-,25-/m0/s1. The van der Waals surface area contributed by atoms with Crippen molar-refractivity contribution in [3.63, 3.8) is 0 Å². The van der Waals surface area contributed by atoms with Crippen molar-refractivity contribution in [1.82, 2.24) is 5.32 Å². The summed E-state index contributed by atoms with van der Waals surface area (Å²) in [7, 11) is 0. The maximum absolute atomic E-state index is 13.1. The number of anilines is 1. The van der Waals surface area contributed by atoms with Gasteiger partial charge in [-0.15, -0.1) is 0 Å². The van der Waals surface area contributed by atoms with Gasteiger partial charge in [0.05, 0.1) is 10.9 Å². The van der Waals surface area contributed by atoms with Gasteiger partial charge >= 0.3 is 0 Å². The van der Waals surface area contributed by atoms with E-state index in [4.69, 9.17) is 27.9 Å². The summed E-state index contributed by atoms with van der Waals surface area (Å²) in [6, 6.07) is 18.0. The number of nitrogens with zero attached hydrogens (tertiary/aromatic N) is 1. The van der Waals surface area contributed by atoms with E-state index >= 15 is 0 Å². The van der Waals surface area contributed by atoms with Crippen LogP contribution in [0.15, 0.2) is 66.7 Å². The number of hydrogen-bond acceptors (Lipinski definition) is 5. The van der Waals surface area contributed by atoms with Crippen molar-refractivity contribution in [1.29, 1.82) is 0 Å². The van der Waals surface area contributed by atoms with Crippen LogP contribution in [0.3, 0.4) is 0 Å². The first-order valence-electron chi connectivity index (χ1n) is 10.8. The van der Waals surface area contributed by atoms with Crippen LogP contribution < -0.4 is 15.4 Å². The second-order valence-corrected chi connectivity index (χ2v) is 9.38. The molecule has 0 radical (unpaired) electrons. The van der Waals surface area contributed by atoms with Gasteiger partial charge in [0.25, 0.3) is 11.9 Å². The molecular formula is C25H21Cl2N3O4. The van der Waals surface area contributed by atoms with Crippen LogP contribution >= 0.6 is 23.2 Å². The number of nitrogens with one attached hydrogen (secondary N) is 2. The van der Waals surface area contributed by atoms with E-state index < -0.39 is 23.4 Å². The lowest BCUT2D eigenvalue weighted by atomic mass is 9.78. The molecule has 4 atom stereocenters. The van der Waals surface area contributed by atoms with Crippen LogP contribution in [0.2, 0.25) is 10.0 Å². The van der Waals surface area contributed by atoms with Crippen LogP contribution in [0.4, 0.5) is 5.69 Å². The molecule has 9 heteroatoms. The van der Waals surface area contributed by atoms with Gasteiger partial charge in [0, 0.05) is 32.8 Å². The van der Waals surface area contributed by atoms with E-state index in [1.54, 1.807) is 48.5 Å². The van der Waals surface area contributed by atoms with E-state index in [2.05, 4.69) is 10.6 Å². The summed E-state index contributed by atoms with van der Waals surface area (Å²) < 4.78 is 5.85. The van der Waals surface area contributed by atoms with E-state index in [0.717, 1.165) is 5.56 Å². The molecule has 174 valence electrons. The molecule has 0 unspecified atom stereocenters. The Morgan fingerprint density at radius 3 is 2.53 bits per heavy atom. The Hall–Kier alpha value is -3.13. The SMILES string of the molecule is C[C@@H]1N[C@]2(C(=O)Nc3ccccc32)[C@@H]([N+](=O)[O-])[C@@H]1c1ccc(OCc2ccccc2Cl)c(Cl)c1. The molecule has 5 rings (SSSR count). The summed E-state index contributed by atoms with van der Waals surface area (Å²) in [5, 5.41) is 19.4. The average Bonchev–Trinajstić information content (AvgIpc) is 3.28. The predicted molar refractivity (Wildman–Crippen MR) is 130 cm³/mol. The van der Waals surface area contributed by atoms with Gasteiger partial charge in [0.15, 0.2) is 5.54 Å². The van der Waals surface area contributed by atoms with Gasteiger partial charge in [-0.2, -0.15) is 0 Å². The first kappa shape index (κ1) is 22.7. The number of nitro groups is 1. The second kappa shape index (κ2) is 8.58. The summed E-state index contributed by atoms with van der Waals surface area (Å²) in [4.78, 5) is 25.2. The van der Waals surface area contributed by atoms with Crippen molar-refractivity contribution in [2.45, 2.75) is 37.1 Å². The predicted octanol–water partition coefficient (Wildman–Crippen LogP) is 5.14. The molecule has 0 aromatic heterocycles. The first-order chi connectivity index (χ1) is 16.3. The topological polar surface area (TPSA) is 93.5 Å². The van der Waals surface area contributed by atoms with Crippen LogP contribution in [0.1, 0.15) is 29.5 Å². The molecule has 0 saturated carbocycles. The highest BCUT2D eigenvalue weighted by Crippen LogP contribution is 2.50. The first-order valence-corrected chi connectivity index (χ1v) is 11.6. The Bertz CT molecular complexity index is 1300. The van der Waals surface area contributed by atoms with Gasteiger partial charge in [-0.05, 0) is 36.8 Å². The molecular weight excluding hydrogens is 477 g/mol. The smallest absolute Gasteiger partial charge is 0.256 e. The number of carbonyl (C=O) groups is 1. The number of para-hydroxylation sites is 1. The van der Waals surface area contributed by atoms with Gasteiger partial charge in [0.2, 0.25) is 0 Å². The fourth-order valence-electron chi connectivity index (χ4n) is 5.17. The molecule has 2 aliphatic rings. The van der Waals surface area contributed by atoms with Gasteiger partial charge in [0.1, 0.15) is 12.4 Å². The second-order valence-electron chi connectivity index (χ2n) is 8.57. The van der Waals surface area contributed by atoms with Crippen molar-refractivity contribution in [2.24, 2.45) is 0 Å². The minimum absolute atomic E-state index is 0.234. The molecule has 0 aliphatic carbocycles. The number of benzene rings is 3. The van der Waals surface area contributed by atoms with Crippen molar-refractivity contribution < 1.29 is 14.5 Å². The lowest BCUT2D eigenvalue weighted by molar-refractivity contribution is -0.532. The quantitative estimate of drug-likeness (QED) is 0.375. The van der Waals surface area contributed by atoms with E-state index in [-0.39, 0.29) is 17.6 Å². The number of hydrogen-bond donors (Lipinski definition) is 2. The fourth-order valence-corrected chi connectivity index (χ4v) is 5.60. The molecule has 2 aliphatic heterocycles. The zero-order valence-electron chi connectivity index (χ0n) is 18.1. The maximum atomic E-state index is 13.1. The van der Waals surface area contributed by atoms with E-state index in [1.807, 2.05) is 25.1 Å². The number of amides is 1. The summed E-state index contributed by atoms with van der Waals surface area (Å²) in [5.41, 5.74) is 1.18. The van der Waals surface area contributed by atoms with E-state index in [0.29, 0.717) is 32.6 Å². The molecule has 0 bridgehead atoms. The highest BCUT2D eigenvalue weighted by molar-refractivity contribution is 6.32. The molecule has 3 aromatic carbocycles. The zero-order valence-corrected chi connectivity index (χ0v) is 19.6. The lowest BCUT2D eigenvalue weighted by Crippen LogP contribution is -2.54. The summed E-state index contributed by atoms with van der Waals surface area (Å²) in [6.07, 6.45) is 0. The summed E-state index contributed by atoms with van der Waals surface area (Å²) in [6.45, 7) is 2.08. The molecule has 3 aromatic rings. The Morgan fingerprint density at radius 1 is 1.06 bits per heavy atom. The Kier molecular flexibility index (Phi) is 5.72. The molecule has 1 amide bonds. The molecule has 2 N–H and O–H groups in total. The molecule has 7 nitrogen and oxygen atoms in total. The third kappa shape index (κ3) is 3.52. The number of fused-ring (bicyclic) bond motifs is 2. The summed E-state index contributed by atoms with van der Waals surface area (Å²) >= 11 is 12.7. The van der Waals surface area contributed by atoms with Gasteiger partial charge in [-0.25, -0.2) is 0 Å². The van der Waals surface area contributed by atoms with Gasteiger partial charge in [-0.3, -0.25) is 20.2 Å². The molecule has 1 fully saturated rings. The molecule has 2 heterocycles. The lowest BCUT2D eigenvalue weighted by Gasteiger charge is -2.25. The van der Waals surface area contributed by atoms with Crippen LogP contribution in [0.25, 0.3) is 0 Å². The normalized spacial score (nSPS) is 25.3. The van der Waals surface area contributed by atoms with Crippen molar-refractivity contribution in [3.05, 3.63) is 104 Å². The number of halogens is 2. The van der Waals surface area contributed by atoms with Crippen LogP contribution in [0.5, 0.6) is 5.75 Å². The minimum atomic E-state index is -1.46. The molecule has 1 saturated heterocycles. The van der Waals surface area contributed by atoms with Crippen molar-refractivity contribution in [2.75, 3.05) is 5.32 Å². The third-order valence-corrected chi connectivity index (χ3v) is 7.31. The van der Waals surface area contributed by atoms with E-state index in [1.165, 1.54) is 0 Å². The number of ether oxygens (including phenoxy) is 1. The van der Waals surface area contributed by atoms with Crippen LogP contribution in [0, 0.1) is 10.1 Å². The largest absolute Gasteiger partial charge is 0.487 e. The minimum Gasteiger partial charge on any atom is -0.487 e. The number of rotatable bonds is 5. The maximum Gasteiger partial charge on any atom is 0.256 e. The average molecular weight is 498 g/mol. The van der Waals surface area contributed by atoms with Crippen LogP contribution in [-0.4, -0.2) is 22.9 Å². The van der Waals surface area contributed by atoms with Gasteiger partial charge < -0.3 is 10.1 Å². The van der Waals surface area contributed by atoms with Gasteiger partial charge in [-0.1, -0.05) is 65.7 Å². The monoisotopic (exact) mass is 497 g/mol. The Labute approximate surface area is 206 Å². The third-order valence-electron chi connectivity index (χ3n) is 6.65. The van der Waals surface area contributed by atoms with Crippen molar-refractivity contribution >= 4 is 34.8 Å². The number of carbonyl (C=O) groups excluding carboxylic acids is 1. The van der Waals surface area contributed by atoms with Crippen LogP contribution in [-0.2, 0) is 16.9 Å². The highest BCUT2D eigenvalue weighted by Gasteiger charge is 2.67. The Morgan fingerprint density at radius 2 is 1.79 bits per heavy atom.